The van der Waals surface area contributed by atoms with E-state index in [4.69, 9.17) is 10.8 Å². The molecule has 13 heteroatoms. The summed E-state index contributed by atoms with van der Waals surface area (Å²) in [5, 5.41) is 20.3. The van der Waals surface area contributed by atoms with Gasteiger partial charge in [0.05, 0.1) is 12.7 Å². The third-order valence-corrected chi connectivity index (χ3v) is 5.43. The minimum Gasteiger partial charge on any atom is -0.481 e. The van der Waals surface area contributed by atoms with Crippen LogP contribution in [-0.4, -0.2) is 69.5 Å². The molecule has 2 aliphatic heterocycles. The molecule has 2 unspecified atom stereocenters. The molecule has 6 N–H and O–H groups in total. The molecular weight excluding hydrogens is 434 g/mol. The van der Waals surface area contributed by atoms with Gasteiger partial charge in [-0.05, 0) is 30.7 Å². The van der Waals surface area contributed by atoms with Crippen LogP contribution in [0.15, 0.2) is 34.1 Å². The van der Waals surface area contributed by atoms with Crippen LogP contribution < -0.4 is 26.4 Å². The summed E-state index contributed by atoms with van der Waals surface area (Å²) in [6.45, 7) is 0.939. The summed E-state index contributed by atoms with van der Waals surface area (Å²) in [5.74, 6) is -2.81. The predicted octanol–water partition coefficient (Wildman–Crippen LogP) is -0.231. The minimum absolute atomic E-state index is 0.00707. The number of nitrogen functional groups attached to an aromatic ring is 1. The third-order valence-electron chi connectivity index (χ3n) is 5.43. The van der Waals surface area contributed by atoms with Crippen molar-refractivity contribution in [1.82, 2.24) is 15.3 Å². The van der Waals surface area contributed by atoms with Crippen LogP contribution in [0.2, 0.25) is 0 Å². The summed E-state index contributed by atoms with van der Waals surface area (Å²) in [5.41, 5.74) is 6.59. The molecule has 13 nitrogen and oxygen atoms in total. The van der Waals surface area contributed by atoms with Gasteiger partial charge in [0.1, 0.15) is 6.04 Å². The Balaban J connectivity index is 1.45. The van der Waals surface area contributed by atoms with E-state index in [0.717, 1.165) is 5.69 Å². The monoisotopic (exact) mass is 455 g/mol. The number of carboxylic acid groups (broad SMARTS) is 2. The van der Waals surface area contributed by atoms with Gasteiger partial charge in [0, 0.05) is 30.4 Å². The van der Waals surface area contributed by atoms with Gasteiger partial charge in [-0.3, -0.25) is 19.4 Å². The first kappa shape index (κ1) is 21.8. The second-order valence-corrected chi connectivity index (χ2v) is 7.65. The molecule has 0 aliphatic carbocycles. The molecule has 1 saturated heterocycles. The van der Waals surface area contributed by atoms with Crippen molar-refractivity contribution in [2.45, 2.75) is 24.9 Å². The lowest BCUT2D eigenvalue weighted by molar-refractivity contribution is -0.140. The molecule has 2 atom stereocenters. The van der Waals surface area contributed by atoms with Crippen molar-refractivity contribution in [3.8, 4) is 0 Å². The summed E-state index contributed by atoms with van der Waals surface area (Å²) < 4.78 is 0. The second-order valence-electron chi connectivity index (χ2n) is 7.65. The van der Waals surface area contributed by atoms with Crippen molar-refractivity contribution in [2.24, 2.45) is 4.99 Å². The topological polar surface area (TPSA) is 194 Å². The number of hydrogen-bond acceptors (Lipinski definition) is 9. The molecular formula is C20H21N7O6. The van der Waals surface area contributed by atoms with Gasteiger partial charge in [0.15, 0.2) is 11.5 Å². The molecule has 0 spiro atoms. The number of carbonyl (C=O) groups is 3. The van der Waals surface area contributed by atoms with E-state index in [-0.39, 0.29) is 41.8 Å². The number of nitrogens with zero attached hydrogens (tertiary/aromatic N) is 4. The van der Waals surface area contributed by atoms with Crippen LogP contribution in [0.1, 0.15) is 23.2 Å². The summed E-state index contributed by atoms with van der Waals surface area (Å²) in [4.78, 5) is 61.5. The highest BCUT2D eigenvalue weighted by Gasteiger charge is 2.35. The standard InChI is InChI=1S/C20H21N7O6/c21-20-24-16-15(18(31)25-20)27-9-26(8-12(27)7-22-16)11-3-1-10(2-4-11)17(30)23-13(19(32)33)5-6-14(28)29/h1-4,7,12-13H,5-6,8-9H2,(H,23,30)(H,28,29)(H,32,33)(H3,21,24,25,31). The quantitative estimate of drug-likeness (QED) is 0.372. The molecule has 0 radical (unpaired) electrons. The van der Waals surface area contributed by atoms with Gasteiger partial charge in [0.25, 0.3) is 11.5 Å². The van der Waals surface area contributed by atoms with Crippen molar-refractivity contribution in [1.29, 1.82) is 0 Å². The smallest absolute Gasteiger partial charge is 0.326 e. The van der Waals surface area contributed by atoms with E-state index in [1.807, 2.05) is 9.80 Å². The summed E-state index contributed by atoms with van der Waals surface area (Å²) in [6.07, 6.45) is 1.11. The highest BCUT2D eigenvalue weighted by Crippen LogP contribution is 2.33. The van der Waals surface area contributed by atoms with Crippen molar-refractivity contribution < 1.29 is 24.6 Å². The summed E-state index contributed by atoms with van der Waals surface area (Å²) in [6, 6.07) is 5.08. The zero-order chi connectivity index (χ0) is 23.7. The number of rotatable bonds is 7. The molecule has 1 aromatic heterocycles. The van der Waals surface area contributed by atoms with E-state index in [1.165, 1.54) is 0 Å². The zero-order valence-electron chi connectivity index (χ0n) is 17.3. The van der Waals surface area contributed by atoms with Gasteiger partial charge >= 0.3 is 11.9 Å². The fourth-order valence-corrected chi connectivity index (χ4v) is 3.79. The highest BCUT2D eigenvalue weighted by atomic mass is 16.4. The number of fused-ring (bicyclic) bond motifs is 3. The highest BCUT2D eigenvalue weighted by molar-refractivity contribution is 5.97. The van der Waals surface area contributed by atoms with Crippen molar-refractivity contribution in [3.63, 3.8) is 0 Å². The van der Waals surface area contributed by atoms with E-state index in [1.54, 1.807) is 30.5 Å². The maximum absolute atomic E-state index is 12.4. The van der Waals surface area contributed by atoms with E-state index in [2.05, 4.69) is 20.3 Å². The van der Waals surface area contributed by atoms with Crippen LogP contribution in [0.3, 0.4) is 0 Å². The molecule has 1 aromatic carbocycles. The molecule has 1 amide bonds. The first-order valence-corrected chi connectivity index (χ1v) is 10.0. The zero-order valence-corrected chi connectivity index (χ0v) is 17.3. The van der Waals surface area contributed by atoms with E-state index >= 15 is 0 Å². The second kappa shape index (κ2) is 8.61. The Morgan fingerprint density at radius 3 is 2.64 bits per heavy atom. The van der Waals surface area contributed by atoms with Crippen LogP contribution in [-0.2, 0) is 9.59 Å². The number of carbonyl (C=O) groups excluding carboxylic acids is 1. The number of aromatic amines is 1. The van der Waals surface area contributed by atoms with E-state index in [0.29, 0.717) is 18.9 Å². The van der Waals surface area contributed by atoms with Crippen LogP contribution in [0.5, 0.6) is 0 Å². The Kier molecular flexibility index (Phi) is 5.69. The maximum atomic E-state index is 12.4. The van der Waals surface area contributed by atoms with Crippen LogP contribution in [0.4, 0.5) is 23.1 Å². The molecule has 1 fully saturated rings. The van der Waals surface area contributed by atoms with Gasteiger partial charge < -0.3 is 31.1 Å². The Labute approximate surface area is 186 Å². The SMILES string of the molecule is Nc1nc2c(c(=O)[nH]1)N1CN(c3ccc(C(=O)NC(CCC(=O)O)C(=O)O)cc3)CC1C=N2. The number of aliphatic imine (C=N–C) groups is 1. The number of aliphatic carboxylic acids is 2. The molecule has 3 heterocycles. The lowest BCUT2D eigenvalue weighted by Crippen LogP contribution is -2.41. The maximum Gasteiger partial charge on any atom is 0.326 e. The normalized spacial score (nSPS) is 17.3. The lowest BCUT2D eigenvalue weighted by atomic mass is 10.1. The van der Waals surface area contributed by atoms with Gasteiger partial charge in [0.2, 0.25) is 5.95 Å². The number of amides is 1. The average molecular weight is 455 g/mol. The Morgan fingerprint density at radius 2 is 1.97 bits per heavy atom. The molecule has 0 bridgehead atoms. The lowest BCUT2D eigenvalue weighted by Gasteiger charge is -2.25. The molecule has 2 aliphatic rings. The van der Waals surface area contributed by atoms with Gasteiger partial charge in [-0.1, -0.05) is 0 Å². The first-order chi connectivity index (χ1) is 15.7. The predicted molar refractivity (Wildman–Crippen MR) is 118 cm³/mol. The summed E-state index contributed by atoms with van der Waals surface area (Å²) >= 11 is 0. The number of anilines is 3. The fraction of sp³-hybridized carbons (Fsp3) is 0.300. The van der Waals surface area contributed by atoms with E-state index in [9.17, 15) is 24.3 Å². The molecule has 172 valence electrons. The number of H-pyrrole nitrogens is 1. The molecule has 4 rings (SSSR count). The Hall–Kier alpha value is -4.42. The number of hydrogen-bond donors (Lipinski definition) is 5. The largest absolute Gasteiger partial charge is 0.481 e. The first-order valence-electron chi connectivity index (χ1n) is 10.0. The van der Waals surface area contributed by atoms with Gasteiger partial charge in [-0.15, -0.1) is 0 Å². The summed E-state index contributed by atoms with van der Waals surface area (Å²) in [7, 11) is 0. The number of benzene rings is 1. The molecule has 33 heavy (non-hydrogen) atoms. The molecule has 2 aromatic rings. The van der Waals surface area contributed by atoms with Crippen molar-refractivity contribution in [2.75, 3.05) is 28.7 Å². The molecule has 0 saturated carbocycles. The number of nitrogens with two attached hydrogens (primary N) is 1. The third kappa shape index (κ3) is 4.46. The number of nitrogens with one attached hydrogen (secondary N) is 2. The minimum atomic E-state index is -1.30. The fourth-order valence-electron chi connectivity index (χ4n) is 3.79. The van der Waals surface area contributed by atoms with Crippen molar-refractivity contribution in [3.05, 3.63) is 40.2 Å². The van der Waals surface area contributed by atoms with E-state index < -0.39 is 23.9 Å². The van der Waals surface area contributed by atoms with Crippen LogP contribution in [0, 0.1) is 0 Å². The van der Waals surface area contributed by atoms with Crippen LogP contribution >= 0.6 is 0 Å². The average Bonchev–Trinajstić information content (AvgIpc) is 3.20. The van der Waals surface area contributed by atoms with Crippen LogP contribution in [0.25, 0.3) is 0 Å². The van der Waals surface area contributed by atoms with Crippen molar-refractivity contribution >= 4 is 47.2 Å². The van der Waals surface area contributed by atoms with Gasteiger partial charge in [-0.2, -0.15) is 4.98 Å². The Bertz CT molecular complexity index is 1190. The van der Waals surface area contributed by atoms with Gasteiger partial charge in [-0.25, -0.2) is 9.79 Å². The number of carboxylic acids is 2. The number of aromatic nitrogens is 2. The Morgan fingerprint density at radius 1 is 1.24 bits per heavy atom.